The zero-order valence-corrected chi connectivity index (χ0v) is 10.8. The molecule has 3 saturated carbocycles. The maximum Gasteiger partial charge on any atom is 0.338 e. The lowest BCUT2D eigenvalue weighted by Crippen LogP contribution is -2.15. The van der Waals surface area contributed by atoms with Gasteiger partial charge in [0.25, 0.3) is 0 Å². The van der Waals surface area contributed by atoms with Crippen LogP contribution in [0.5, 0.6) is 0 Å². The minimum absolute atomic E-state index is 0.0892. The van der Waals surface area contributed by atoms with E-state index >= 15 is 0 Å². The lowest BCUT2D eigenvalue weighted by molar-refractivity contribution is 0.0690. The van der Waals surface area contributed by atoms with Gasteiger partial charge in [-0.05, 0) is 55.1 Å². The minimum atomic E-state index is -1.45. The highest BCUT2D eigenvalue weighted by atomic mass is 19.2. The Bertz CT molecular complexity index is 588. The Hall–Kier alpha value is -1.65. The highest BCUT2D eigenvalue weighted by molar-refractivity contribution is 5.88. The van der Waals surface area contributed by atoms with Gasteiger partial charge in [-0.2, -0.15) is 0 Å². The van der Waals surface area contributed by atoms with Gasteiger partial charge >= 0.3 is 5.97 Å². The molecule has 3 nitrogen and oxygen atoms in total. The molecule has 106 valence electrons. The molecule has 1 aromatic carbocycles. The van der Waals surface area contributed by atoms with E-state index in [0.717, 1.165) is 17.9 Å². The fraction of sp³-hybridized carbons (Fsp3) is 0.533. The Labute approximate surface area is 115 Å². The lowest BCUT2D eigenvalue weighted by atomic mass is 10.0. The molecular formula is C15H15F2NO2. The van der Waals surface area contributed by atoms with Crippen LogP contribution >= 0.6 is 0 Å². The molecule has 4 rings (SSSR count). The quantitative estimate of drug-likeness (QED) is 0.893. The third-order valence-electron chi connectivity index (χ3n) is 5.37. The highest BCUT2D eigenvalue weighted by Crippen LogP contribution is 2.66. The number of rotatable bonds is 3. The van der Waals surface area contributed by atoms with Gasteiger partial charge in [-0.15, -0.1) is 0 Å². The predicted molar refractivity (Wildman–Crippen MR) is 68.5 cm³/mol. The summed E-state index contributed by atoms with van der Waals surface area (Å²) in [5.74, 6) is -1.11. The molecule has 4 atom stereocenters. The van der Waals surface area contributed by atoms with E-state index < -0.39 is 23.2 Å². The van der Waals surface area contributed by atoms with Gasteiger partial charge in [0.2, 0.25) is 0 Å². The van der Waals surface area contributed by atoms with E-state index in [0.29, 0.717) is 11.8 Å². The molecule has 0 aliphatic heterocycles. The minimum Gasteiger partial charge on any atom is -0.478 e. The first-order valence-electron chi connectivity index (χ1n) is 7.05. The second kappa shape index (κ2) is 3.93. The van der Waals surface area contributed by atoms with Gasteiger partial charge in [-0.1, -0.05) is 0 Å². The van der Waals surface area contributed by atoms with Crippen molar-refractivity contribution in [3.63, 3.8) is 0 Å². The summed E-state index contributed by atoms with van der Waals surface area (Å²) in [5.41, 5.74) is -0.532. The van der Waals surface area contributed by atoms with E-state index in [1.54, 1.807) is 0 Å². The zero-order valence-electron chi connectivity index (χ0n) is 10.8. The van der Waals surface area contributed by atoms with Gasteiger partial charge in [0, 0.05) is 6.04 Å². The van der Waals surface area contributed by atoms with Crippen LogP contribution < -0.4 is 5.32 Å². The van der Waals surface area contributed by atoms with Gasteiger partial charge in [0.1, 0.15) is 0 Å². The summed E-state index contributed by atoms with van der Waals surface area (Å²) < 4.78 is 27.5. The standard InChI is InChI=1S/C15H15F2NO2/c16-12-8(15(19)20)3-4-9(13(12)17)18-14-10-6-1-2-7(5-6)11(10)14/h3-4,6-7,10-11,14,18H,1-2,5H2,(H,19,20). The number of carboxylic acid groups (broad SMARTS) is 1. The number of carboxylic acids is 1. The van der Waals surface area contributed by atoms with E-state index in [1.807, 2.05) is 0 Å². The summed E-state index contributed by atoms with van der Waals surface area (Å²) in [6.45, 7) is 0. The van der Waals surface area contributed by atoms with E-state index in [9.17, 15) is 13.6 Å². The molecule has 0 amide bonds. The molecule has 3 aliphatic carbocycles. The molecule has 0 spiro atoms. The van der Waals surface area contributed by atoms with E-state index in [-0.39, 0.29) is 11.7 Å². The summed E-state index contributed by atoms with van der Waals surface area (Å²) >= 11 is 0. The van der Waals surface area contributed by atoms with Crippen molar-refractivity contribution in [2.75, 3.05) is 5.32 Å². The van der Waals surface area contributed by atoms with Crippen LogP contribution in [0.25, 0.3) is 0 Å². The van der Waals surface area contributed by atoms with Crippen LogP contribution in [0.15, 0.2) is 12.1 Å². The van der Waals surface area contributed by atoms with Crippen LogP contribution in [-0.2, 0) is 0 Å². The predicted octanol–water partition coefficient (Wildman–Crippen LogP) is 3.12. The number of carbonyl (C=O) groups is 1. The first kappa shape index (κ1) is 12.1. The fourth-order valence-corrected chi connectivity index (χ4v) is 4.52. The third-order valence-corrected chi connectivity index (χ3v) is 5.37. The lowest BCUT2D eigenvalue weighted by Gasteiger charge is -2.13. The summed E-state index contributed by atoms with van der Waals surface area (Å²) in [4.78, 5) is 10.7. The van der Waals surface area contributed by atoms with Crippen LogP contribution in [0.3, 0.4) is 0 Å². The highest BCUT2D eigenvalue weighted by Gasteiger charge is 2.65. The van der Waals surface area contributed by atoms with Crippen LogP contribution in [0, 0.1) is 35.3 Å². The van der Waals surface area contributed by atoms with Gasteiger partial charge in [0.15, 0.2) is 11.6 Å². The van der Waals surface area contributed by atoms with Crippen molar-refractivity contribution < 1.29 is 18.7 Å². The van der Waals surface area contributed by atoms with Gasteiger partial charge in [0.05, 0.1) is 11.3 Å². The molecule has 1 aromatic rings. The average molecular weight is 279 g/mol. The second-order valence-electron chi connectivity index (χ2n) is 6.25. The summed E-state index contributed by atoms with van der Waals surface area (Å²) in [7, 11) is 0. The van der Waals surface area contributed by atoms with Crippen molar-refractivity contribution in [1.82, 2.24) is 0 Å². The average Bonchev–Trinajstić information content (AvgIpc) is 2.81. The number of fused-ring (bicyclic) bond motifs is 5. The summed E-state index contributed by atoms with van der Waals surface area (Å²) in [5, 5.41) is 11.8. The fourth-order valence-electron chi connectivity index (χ4n) is 4.52. The monoisotopic (exact) mass is 279 g/mol. The Morgan fingerprint density at radius 3 is 2.40 bits per heavy atom. The number of nitrogens with one attached hydrogen (secondary N) is 1. The number of benzene rings is 1. The molecule has 3 aliphatic rings. The van der Waals surface area contributed by atoms with Gasteiger partial charge in [-0.25, -0.2) is 13.6 Å². The van der Waals surface area contributed by atoms with Crippen LogP contribution in [0.2, 0.25) is 0 Å². The van der Waals surface area contributed by atoms with Crippen molar-refractivity contribution in [3.8, 4) is 0 Å². The zero-order chi connectivity index (χ0) is 14.0. The van der Waals surface area contributed by atoms with Gasteiger partial charge in [-0.3, -0.25) is 0 Å². The van der Waals surface area contributed by atoms with Crippen molar-refractivity contribution in [2.45, 2.75) is 25.3 Å². The normalized spacial score (nSPS) is 36.8. The Balaban J connectivity index is 1.56. The molecule has 4 unspecified atom stereocenters. The van der Waals surface area contributed by atoms with Crippen LogP contribution in [0.1, 0.15) is 29.6 Å². The van der Waals surface area contributed by atoms with Crippen molar-refractivity contribution in [1.29, 1.82) is 0 Å². The Morgan fingerprint density at radius 2 is 1.80 bits per heavy atom. The molecule has 2 N–H and O–H groups in total. The maximum atomic E-state index is 13.9. The van der Waals surface area contributed by atoms with E-state index in [4.69, 9.17) is 5.11 Å². The van der Waals surface area contributed by atoms with Crippen LogP contribution in [0.4, 0.5) is 14.5 Å². The molecule has 0 radical (unpaired) electrons. The van der Waals surface area contributed by atoms with Crippen molar-refractivity contribution >= 4 is 11.7 Å². The number of anilines is 1. The molecule has 2 bridgehead atoms. The molecule has 0 heterocycles. The summed E-state index contributed by atoms with van der Waals surface area (Å²) in [6.07, 6.45) is 3.82. The van der Waals surface area contributed by atoms with E-state index in [2.05, 4.69) is 5.32 Å². The Kier molecular flexibility index (Phi) is 2.38. The SMILES string of the molecule is O=C(O)c1ccc(NC2C3C4CCC(C4)C23)c(F)c1F. The van der Waals surface area contributed by atoms with Gasteiger partial charge < -0.3 is 10.4 Å². The topological polar surface area (TPSA) is 49.3 Å². The van der Waals surface area contributed by atoms with Crippen molar-refractivity contribution in [2.24, 2.45) is 23.7 Å². The summed E-state index contributed by atoms with van der Waals surface area (Å²) in [6, 6.07) is 2.69. The maximum absolute atomic E-state index is 13.9. The number of aromatic carboxylic acids is 1. The second-order valence-corrected chi connectivity index (χ2v) is 6.25. The van der Waals surface area contributed by atoms with Crippen LogP contribution in [-0.4, -0.2) is 17.1 Å². The van der Waals surface area contributed by atoms with E-state index in [1.165, 1.54) is 25.3 Å². The number of hydrogen-bond acceptors (Lipinski definition) is 2. The molecule has 20 heavy (non-hydrogen) atoms. The third kappa shape index (κ3) is 1.52. The molecule has 0 saturated heterocycles. The molecule has 5 heteroatoms. The molecule has 0 aromatic heterocycles. The number of halogens is 2. The first-order valence-corrected chi connectivity index (χ1v) is 7.05. The Morgan fingerprint density at radius 1 is 1.15 bits per heavy atom. The first-order chi connectivity index (χ1) is 9.58. The molecule has 3 fully saturated rings. The van der Waals surface area contributed by atoms with Crippen molar-refractivity contribution in [3.05, 3.63) is 29.3 Å². The largest absolute Gasteiger partial charge is 0.478 e. The number of hydrogen-bond donors (Lipinski definition) is 2. The smallest absolute Gasteiger partial charge is 0.338 e. The molecular weight excluding hydrogens is 264 g/mol.